The molecule has 0 heterocycles. The van der Waals surface area contributed by atoms with Crippen LogP contribution in [0, 0.1) is 35.5 Å². The van der Waals surface area contributed by atoms with Gasteiger partial charge in [0.2, 0.25) is 0 Å². The predicted octanol–water partition coefficient (Wildman–Crippen LogP) is 4.14. The van der Waals surface area contributed by atoms with Gasteiger partial charge in [0.25, 0.3) is 0 Å². The van der Waals surface area contributed by atoms with Gasteiger partial charge in [-0.05, 0) is 55.3 Å². The van der Waals surface area contributed by atoms with Crippen molar-refractivity contribution in [2.45, 2.75) is 89.3 Å². The van der Waals surface area contributed by atoms with Crippen LogP contribution in [-0.2, 0) is 0 Å². The molecule has 4 aliphatic rings. The van der Waals surface area contributed by atoms with E-state index in [0.29, 0.717) is 17.8 Å². The number of aliphatic hydroxyl groups excluding tert-OH is 2. The summed E-state index contributed by atoms with van der Waals surface area (Å²) < 4.78 is 0. The first-order chi connectivity index (χ1) is 10.8. The Bertz CT molecular complexity index is 336. The Morgan fingerprint density at radius 2 is 0.864 bits per heavy atom. The molecule has 0 aromatic carbocycles. The molecular weight excluding hydrogens is 272 g/mol. The molecule has 2 heteroatoms. The molecule has 22 heavy (non-hydrogen) atoms. The van der Waals surface area contributed by atoms with Crippen molar-refractivity contribution in [2.75, 3.05) is 0 Å². The molecule has 2 nitrogen and oxygen atoms in total. The van der Waals surface area contributed by atoms with Gasteiger partial charge < -0.3 is 10.2 Å². The first-order valence-electron chi connectivity index (χ1n) is 10.1. The van der Waals surface area contributed by atoms with E-state index >= 15 is 0 Å². The normalized spacial score (nSPS) is 47.7. The third-order valence-corrected chi connectivity index (χ3v) is 7.96. The molecule has 4 fully saturated rings. The van der Waals surface area contributed by atoms with E-state index in [1.807, 2.05) is 0 Å². The fourth-order valence-corrected chi connectivity index (χ4v) is 6.81. The zero-order chi connectivity index (χ0) is 15.1. The van der Waals surface area contributed by atoms with Gasteiger partial charge in [0.1, 0.15) is 0 Å². The summed E-state index contributed by atoms with van der Waals surface area (Å²) in [4.78, 5) is 0. The highest BCUT2D eigenvalue weighted by Crippen LogP contribution is 2.51. The van der Waals surface area contributed by atoms with E-state index in [4.69, 9.17) is 0 Å². The summed E-state index contributed by atoms with van der Waals surface area (Å²) in [5.41, 5.74) is 0. The maximum Gasteiger partial charge on any atom is 0.0626 e. The Morgan fingerprint density at radius 3 is 1.27 bits per heavy atom. The van der Waals surface area contributed by atoms with E-state index in [1.54, 1.807) is 0 Å². The molecule has 4 unspecified atom stereocenters. The van der Waals surface area contributed by atoms with E-state index in [0.717, 1.165) is 11.8 Å². The van der Waals surface area contributed by atoms with Crippen LogP contribution in [0.5, 0.6) is 0 Å². The minimum Gasteiger partial charge on any atom is -0.392 e. The molecular formula is C20H34O2. The second kappa shape index (κ2) is 6.43. The number of hydrogen-bond donors (Lipinski definition) is 2. The summed E-state index contributed by atoms with van der Waals surface area (Å²) >= 11 is 0. The lowest BCUT2D eigenvalue weighted by molar-refractivity contribution is -0.133. The Labute approximate surface area is 135 Å². The molecule has 126 valence electrons. The van der Waals surface area contributed by atoms with Gasteiger partial charge in [-0.3, -0.25) is 0 Å². The van der Waals surface area contributed by atoms with Crippen molar-refractivity contribution in [3.8, 4) is 0 Å². The molecule has 4 rings (SSSR count). The molecule has 0 aliphatic heterocycles. The average Bonchev–Trinajstić information content (AvgIpc) is 3.21. The van der Waals surface area contributed by atoms with Gasteiger partial charge in [-0.15, -0.1) is 0 Å². The lowest BCUT2D eigenvalue weighted by Crippen LogP contribution is -2.52. The van der Waals surface area contributed by atoms with Gasteiger partial charge in [0, 0.05) is 5.92 Å². The lowest BCUT2D eigenvalue weighted by Gasteiger charge is -2.50. The van der Waals surface area contributed by atoms with Crippen LogP contribution in [0.1, 0.15) is 77.0 Å². The van der Waals surface area contributed by atoms with Crippen LogP contribution in [0.4, 0.5) is 0 Å². The van der Waals surface area contributed by atoms with E-state index < -0.39 is 0 Å². The van der Waals surface area contributed by atoms with Crippen molar-refractivity contribution in [3.63, 3.8) is 0 Å². The average molecular weight is 306 g/mol. The second-order valence-corrected chi connectivity index (χ2v) is 8.89. The smallest absolute Gasteiger partial charge is 0.0626 e. The van der Waals surface area contributed by atoms with Crippen LogP contribution in [0.25, 0.3) is 0 Å². The maximum absolute atomic E-state index is 11.1. The monoisotopic (exact) mass is 306 g/mol. The first kappa shape index (κ1) is 15.4. The van der Waals surface area contributed by atoms with Crippen LogP contribution in [0.2, 0.25) is 0 Å². The van der Waals surface area contributed by atoms with Gasteiger partial charge in [-0.2, -0.15) is 0 Å². The molecule has 2 N–H and O–H groups in total. The van der Waals surface area contributed by atoms with Gasteiger partial charge >= 0.3 is 0 Å². The van der Waals surface area contributed by atoms with Crippen molar-refractivity contribution >= 4 is 0 Å². The largest absolute Gasteiger partial charge is 0.392 e. The van der Waals surface area contributed by atoms with E-state index in [-0.39, 0.29) is 18.1 Å². The summed E-state index contributed by atoms with van der Waals surface area (Å²) in [6, 6.07) is 0. The molecule has 0 bridgehead atoms. The van der Waals surface area contributed by atoms with Crippen LogP contribution in [0.3, 0.4) is 0 Å². The summed E-state index contributed by atoms with van der Waals surface area (Å²) in [7, 11) is 0. The van der Waals surface area contributed by atoms with Gasteiger partial charge in [-0.25, -0.2) is 0 Å². The lowest BCUT2D eigenvalue weighted by atomic mass is 9.58. The van der Waals surface area contributed by atoms with Crippen LogP contribution < -0.4 is 0 Å². The minimum absolute atomic E-state index is 0.193. The Kier molecular flexibility index (Phi) is 4.52. The zero-order valence-corrected chi connectivity index (χ0v) is 14.0. The van der Waals surface area contributed by atoms with Crippen molar-refractivity contribution in [2.24, 2.45) is 35.5 Å². The molecule has 0 amide bonds. The second-order valence-electron chi connectivity index (χ2n) is 8.89. The van der Waals surface area contributed by atoms with Crippen molar-refractivity contribution in [3.05, 3.63) is 0 Å². The topological polar surface area (TPSA) is 40.5 Å². The van der Waals surface area contributed by atoms with Crippen molar-refractivity contribution in [1.29, 1.82) is 0 Å². The Balaban J connectivity index is 1.48. The molecule has 0 saturated heterocycles. The summed E-state index contributed by atoms with van der Waals surface area (Å²) in [6.45, 7) is 0. The van der Waals surface area contributed by atoms with Crippen molar-refractivity contribution < 1.29 is 10.2 Å². The number of fused-ring (bicyclic) bond motifs is 1. The standard InChI is InChI=1S/C20H34O2/c21-19-16(13-5-1-2-6-13)11-9-15-10-12-17(20(22)18(15)19)14-7-3-4-8-14/h13-22H,1-12H2/t15?,16-,17+,18?,19?,20?. The van der Waals surface area contributed by atoms with E-state index in [9.17, 15) is 10.2 Å². The quantitative estimate of drug-likeness (QED) is 0.805. The fraction of sp³-hybridized carbons (Fsp3) is 1.00. The molecule has 6 atom stereocenters. The summed E-state index contributed by atoms with van der Waals surface area (Å²) in [6.07, 6.45) is 15.2. The minimum atomic E-state index is -0.221. The summed E-state index contributed by atoms with van der Waals surface area (Å²) in [5, 5.41) is 22.2. The number of aliphatic hydroxyl groups is 2. The van der Waals surface area contributed by atoms with Crippen LogP contribution in [-0.4, -0.2) is 22.4 Å². The third kappa shape index (κ3) is 2.65. The summed E-state index contributed by atoms with van der Waals surface area (Å²) in [5.74, 6) is 3.26. The molecule has 0 aromatic rings. The highest BCUT2D eigenvalue weighted by atomic mass is 16.3. The molecule has 4 aliphatic carbocycles. The maximum atomic E-state index is 11.1. The molecule has 0 aromatic heterocycles. The fourth-order valence-electron chi connectivity index (χ4n) is 6.81. The molecule has 4 saturated carbocycles. The third-order valence-electron chi connectivity index (χ3n) is 7.96. The van der Waals surface area contributed by atoms with Crippen LogP contribution >= 0.6 is 0 Å². The first-order valence-corrected chi connectivity index (χ1v) is 10.1. The Morgan fingerprint density at radius 1 is 0.455 bits per heavy atom. The van der Waals surface area contributed by atoms with Gasteiger partial charge in [0.05, 0.1) is 12.2 Å². The predicted molar refractivity (Wildman–Crippen MR) is 88.4 cm³/mol. The number of rotatable bonds is 2. The van der Waals surface area contributed by atoms with Gasteiger partial charge in [-0.1, -0.05) is 51.4 Å². The highest BCUT2D eigenvalue weighted by molar-refractivity contribution is 5.00. The number of hydrogen-bond acceptors (Lipinski definition) is 2. The van der Waals surface area contributed by atoms with Crippen molar-refractivity contribution in [1.82, 2.24) is 0 Å². The van der Waals surface area contributed by atoms with E-state index in [1.165, 1.54) is 77.0 Å². The van der Waals surface area contributed by atoms with E-state index in [2.05, 4.69) is 0 Å². The van der Waals surface area contributed by atoms with Gasteiger partial charge in [0.15, 0.2) is 0 Å². The highest BCUT2D eigenvalue weighted by Gasteiger charge is 2.50. The molecule has 0 spiro atoms. The molecule has 0 radical (unpaired) electrons. The zero-order valence-electron chi connectivity index (χ0n) is 14.0. The Hall–Kier alpha value is -0.0800. The van der Waals surface area contributed by atoms with Crippen LogP contribution in [0.15, 0.2) is 0 Å². The SMILES string of the molecule is OC1C2C(CC[C@@H]1C1CCCC1)CC[C@@H](C1CCCC1)C2O.